The Morgan fingerprint density at radius 1 is 1.20 bits per heavy atom. The molecule has 1 saturated carbocycles. The molecule has 2 aliphatic rings. The van der Waals surface area contributed by atoms with Gasteiger partial charge in [0.25, 0.3) is 0 Å². The Kier molecular flexibility index (Phi) is 4.71. The zero-order valence-corrected chi connectivity index (χ0v) is 12.5. The van der Waals surface area contributed by atoms with Crippen LogP contribution in [0.25, 0.3) is 0 Å². The van der Waals surface area contributed by atoms with Crippen LogP contribution < -0.4 is 5.32 Å². The van der Waals surface area contributed by atoms with Gasteiger partial charge in [-0.15, -0.1) is 0 Å². The van der Waals surface area contributed by atoms with E-state index in [2.05, 4.69) is 34.5 Å². The van der Waals surface area contributed by atoms with Crippen molar-refractivity contribution in [3.63, 3.8) is 0 Å². The molecular weight excluding hydrogens is 248 g/mol. The zero-order valence-electron chi connectivity index (χ0n) is 12.5. The molecule has 1 aliphatic carbocycles. The van der Waals surface area contributed by atoms with Crippen LogP contribution in [0.4, 0.5) is 0 Å². The average molecular weight is 274 g/mol. The molecule has 1 atom stereocenters. The highest BCUT2D eigenvalue weighted by atomic mass is 16.5. The highest BCUT2D eigenvalue weighted by Gasteiger charge is 2.31. The summed E-state index contributed by atoms with van der Waals surface area (Å²) in [4.78, 5) is 2.68. The van der Waals surface area contributed by atoms with Gasteiger partial charge < -0.3 is 10.1 Å². The van der Waals surface area contributed by atoms with E-state index in [9.17, 15) is 0 Å². The molecule has 0 aromatic heterocycles. The summed E-state index contributed by atoms with van der Waals surface area (Å²) in [6.07, 6.45) is 5.42. The van der Waals surface area contributed by atoms with E-state index in [4.69, 9.17) is 4.74 Å². The predicted octanol–water partition coefficient (Wildman–Crippen LogP) is 2.55. The van der Waals surface area contributed by atoms with Crippen LogP contribution in [0.15, 0.2) is 24.3 Å². The van der Waals surface area contributed by atoms with Crippen LogP contribution >= 0.6 is 0 Å². The Morgan fingerprint density at radius 3 is 2.65 bits per heavy atom. The molecule has 1 unspecified atom stereocenters. The standard InChI is InChI=1S/C17H26N2O/c1-20-13-15-6-3-2-5-14(15)11-19(17-8-9-17)12-16-7-4-10-18-16/h2-3,5-6,16-18H,4,7-13H2,1H3. The minimum Gasteiger partial charge on any atom is -0.380 e. The van der Waals surface area contributed by atoms with E-state index < -0.39 is 0 Å². The van der Waals surface area contributed by atoms with Gasteiger partial charge in [-0.1, -0.05) is 24.3 Å². The number of methoxy groups -OCH3 is 1. The highest BCUT2D eigenvalue weighted by Crippen LogP contribution is 2.29. The van der Waals surface area contributed by atoms with Crippen LogP contribution in [-0.4, -0.2) is 37.2 Å². The van der Waals surface area contributed by atoms with Gasteiger partial charge in [0, 0.05) is 32.3 Å². The van der Waals surface area contributed by atoms with Crippen molar-refractivity contribution < 1.29 is 4.74 Å². The van der Waals surface area contributed by atoms with Gasteiger partial charge in [-0.25, -0.2) is 0 Å². The summed E-state index contributed by atoms with van der Waals surface area (Å²) < 4.78 is 5.33. The van der Waals surface area contributed by atoms with Crippen LogP contribution in [0.5, 0.6) is 0 Å². The van der Waals surface area contributed by atoms with Gasteiger partial charge in [0.15, 0.2) is 0 Å². The van der Waals surface area contributed by atoms with Crippen molar-refractivity contribution in [2.75, 3.05) is 20.2 Å². The summed E-state index contributed by atoms with van der Waals surface area (Å²) in [6, 6.07) is 10.2. The number of nitrogens with zero attached hydrogens (tertiary/aromatic N) is 1. The lowest BCUT2D eigenvalue weighted by atomic mass is 10.1. The van der Waals surface area contributed by atoms with Crippen molar-refractivity contribution >= 4 is 0 Å². The number of ether oxygens (including phenoxy) is 1. The minimum atomic E-state index is 0.699. The Morgan fingerprint density at radius 2 is 2.00 bits per heavy atom. The summed E-state index contributed by atoms with van der Waals surface area (Å²) in [5.74, 6) is 0. The van der Waals surface area contributed by atoms with E-state index in [1.807, 2.05) is 0 Å². The van der Waals surface area contributed by atoms with Crippen LogP contribution in [0.2, 0.25) is 0 Å². The van der Waals surface area contributed by atoms with E-state index in [-0.39, 0.29) is 0 Å². The number of benzene rings is 1. The lowest BCUT2D eigenvalue weighted by molar-refractivity contribution is 0.181. The van der Waals surface area contributed by atoms with Gasteiger partial charge in [0.1, 0.15) is 0 Å². The SMILES string of the molecule is COCc1ccccc1CN(CC1CCCN1)C1CC1. The van der Waals surface area contributed by atoms with Crippen LogP contribution in [0.1, 0.15) is 36.8 Å². The van der Waals surface area contributed by atoms with Crippen LogP contribution in [0, 0.1) is 0 Å². The predicted molar refractivity (Wildman–Crippen MR) is 81.6 cm³/mol. The number of hydrogen-bond acceptors (Lipinski definition) is 3. The smallest absolute Gasteiger partial charge is 0.0716 e. The van der Waals surface area contributed by atoms with Crippen molar-refractivity contribution in [2.24, 2.45) is 0 Å². The monoisotopic (exact) mass is 274 g/mol. The van der Waals surface area contributed by atoms with Crippen molar-refractivity contribution in [3.8, 4) is 0 Å². The third-order valence-corrected chi connectivity index (χ3v) is 4.47. The highest BCUT2D eigenvalue weighted by molar-refractivity contribution is 5.26. The second kappa shape index (κ2) is 6.70. The van der Waals surface area contributed by atoms with Gasteiger partial charge in [-0.2, -0.15) is 0 Å². The number of rotatable bonds is 7. The molecule has 1 N–H and O–H groups in total. The fourth-order valence-electron chi connectivity index (χ4n) is 3.20. The molecule has 3 nitrogen and oxygen atoms in total. The van der Waals surface area contributed by atoms with Gasteiger partial charge >= 0.3 is 0 Å². The quantitative estimate of drug-likeness (QED) is 0.827. The second-order valence-corrected chi connectivity index (χ2v) is 6.16. The van der Waals surface area contributed by atoms with Crippen molar-refractivity contribution in [2.45, 2.75) is 50.9 Å². The molecule has 0 amide bonds. The molecule has 20 heavy (non-hydrogen) atoms. The third-order valence-electron chi connectivity index (χ3n) is 4.47. The molecule has 3 rings (SSSR count). The average Bonchev–Trinajstić information content (AvgIpc) is 3.19. The summed E-state index contributed by atoms with van der Waals surface area (Å²) >= 11 is 0. The summed E-state index contributed by atoms with van der Waals surface area (Å²) in [5, 5.41) is 3.63. The van der Waals surface area contributed by atoms with Crippen molar-refractivity contribution in [3.05, 3.63) is 35.4 Å². The maximum absolute atomic E-state index is 5.33. The fraction of sp³-hybridized carbons (Fsp3) is 0.647. The van der Waals surface area contributed by atoms with Gasteiger partial charge in [-0.3, -0.25) is 4.90 Å². The first-order valence-corrected chi connectivity index (χ1v) is 7.90. The first kappa shape index (κ1) is 14.1. The Hall–Kier alpha value is -0.900. The molecule has 3 heteroatoms. The van der Waals surface area contributed by atoms with Crippen LogP contribution in [0.3, 0.4) is 0 Å². The Balaban J connectivity index is 1.66. The fourth-order valence-corrected chi connectivity index (χ4v) is 3.20. The molecule has 1 aromatic carbocycles. The first-order chi connectivity index (χ1) is 9.86. The minimum absolute atomic E-state index is 0.699. The lowest BCUT2D eigenvalue weighted by Gasteiger charge is -2.26. The Bertz CT molecular complexity index is 425. The van der Waals surface area contributed by atoms with Crippen molar-refractivity contribution in [1.29, 1.82) is 0 Å². The topological polar surface area (TPSA) is 24.5 Å². The summed E-state index contributed by atoms with van der Waals surface area (Å²) in [7, 11) is 1.78. The van der Waals surface area contributed by atoms with E-state index >= 15 is 0 Å². The molecule has 1 aliphatic heterocycles. The van der Waals surface area contributed by atoms with E-state index in [1.54, 1.807) is 7.11 Å². The van der Waals surface area contributed by atoms with E-state index in [1.165, 1.54) is 49.9 Å². The van der Waals surface area contributed by atoms with Gasteiger partial charge in [0.2, 0.25) is 0 Å². The molecule has 0 spiro atoms. The lowest BCUT2D eigenvalue weighted by Crippen LogP contribution is -2.38. The normalized spacial score (nSPS) is 22.6. The molecular formula is C17H26N2O. The largest absolute Gasteiger partial charge is 0.380 e. The maximum atomic E-state index is 5.33. The molecule has 1 heterocycles. The summed E-state index contributed by atoms with van der Waals surface area (Å²) in [6.45, 7) is 4.19. The molecule has 2 fully saturated rings. The molecule has 1 aromatic rings. The third kappa shape index (κ3) is 3.60. The summed E-state index contributed by atoms with van der Waals surface area (Å²) in [5.41, 5.74) is 2.76. The molecule has 0 radical (unpaired) electrons. The maximum Gasteiger partial charge on any atom is 0.0716 e. The first-order valence-electron chi connectivity index (χ1n) is 7.90. The second-order valence-electron chi connectivity index (χ2n) is 6.16. The van der Waals surface area contributed by atoms with E-state index in [0.29, 0.717) is 6.04 Å². The molecule has 0 bridgehead atoms. The van der Waals surface area contributed by atoms with Gasteiger partial charge in [-0.05, 0) is 43.4 Å². The number of nitrogens with one attached hydrogen (secondary N) is 1. The van der Waals surface area contributed by atoms with Crippen LogP contribution in [-0.2, 0) is 17.9 Å². The molecule has 1 saturated heterocycles. The molecule has 110 valence electrons. The number of hydrogen-bond donors (Lipinski definition) is 1. The van der Waals surface area contributed by atoms with Gasteiger partial charge in [0.05, 0.1) is 6.61 Å². The van der Waals surface area contributed by atoms with E-state index in [0.717, 1.165) is 19.2 Å². The Labute approximate surface area is 122 Å². The zero-order chi connectivity index (χ0) is 13.8. The van der Waals surface area contributed by atoms with Crippen molar-refractivity contribution in [1.82, 2.24) is 10.2 Å².